The maximum Gasteiger partial charge on any atom is 0.241 e. The van der Waals surface area contributed by atoms with Crippen molar-refractivity contribution in [1.29, 1.82) is 0 Å². The molecule has 1 saturated heterocycles. The zero-order valence-electron chi connectivity index (χ0n) is 9.81. The van der Waals surface area contributed by atoms with E-state index in [1.807, 2.05) is 0 Å². The number of aliphatic hydroxyl groups is 1. The van der Waals surface area contributed by atoms with Crippen molar-refractivity contribution < 1.29 is 19.4 Å². The van der Waals surface area contributed by atoms with E-state index in [9.17, 15) is 9.90 Å². The van der Waals surface area contributed by atoms with E-state index in [2.05, 4.69) is 5.32 Å². The first-order valence-electron chi connectivity index (χ1n) is 5.38. The number of methoxy groups -OCH3 is 1. The fraction of sp³-hybridized carbons (Fsp3) is 0.900. The van der Waals surface area contributed by atoms with Gasteiger partial charge in [0.05, 0.1) is 25.9 Å². The van der Waals surface area contributed by atoms with Crippen molar-refractivity contribution in [2.75, 3.05) is 47.1 Å². The molecule has 1 amide bonds. The number of ether oxygens (including phenoxy) is 2. The van der Waals surface area contributed by atoms with E-state index >= 15 is 0 Å². The van der Waals surface area contributed by atoms with Crippen molar-refractivity contribution in [2.24, 2.45) is 0 Å². The van der Waals surface area contributed by atoms with E-state index in [0.29, 0.717) is 19.8 Å². The third-order valence-electron chi connectivity index (χ3n) is 2.44. The van der Waals surface area contributed by atoms with Crippen LogP contribution in [0.15, 0.2) is 0 Å². The van der Waals surface area contributed by atoms with Crippen LogP contribution in [0.4, 0.5) is 0 Å². The van der Waals surface area contributed by atoms with E-state index in [0.717, 1.165) is 0 Å². The van der Waals surface area contributed by atoms with E-state index in [1.54, 1.807) is 7.05 Å². The third kappa shape index (κ3) is 4.05. The lowest BCUT2D eigenvalue weighted by molar-refractivity contribution is -0.136. The molecule has 1 fully saturated rings. The molecule has 0 aromatic rings. The SMILES string of the molecule is COCC(O)CN(C)C(=O)C1COCCN1. The van der Waals surface area contributed by atoms with Gasteiger partial charge in [0.25, 0.3) is 0 Å². The molecule has 1 aliphatic rings. The predicted octanol–water partition coefficient (Wildman–Crippen LogP) is -1.56. The molecule has 1 heterocycles. The lowest BCUT2D eigenvalue weighted by Crippen LogP contribution is -2.53. The summed E-state index contributed by atoms with van der Waals surface area (Å²) < 4.78 is 10.0. The van der Waals surface area contributed by atoms with Gasteiger partial charge in [0, 0.05) is 27.2 Å². The van der Waals surface area contributed by atoms with Crippen LogP contribution in [-0.4, -0.2) is 75.1 Å². The Morgan fingerprint density at radius 3 is 3.06 bits per heavy atom. The van der Waals surface area contributed by atoms with Gasteiger partial charge in [-0.25, -0.2) is 0 Å². The van der Waals surface area contributed by atoms with Gasteiger partial charge in [-0.2, -0.15) is 0 Å². The van der Waals surface area contributed by atoms with Crippen molar-refractivity contribution in [3.8, 4) is 0 Å². The molecule has 0 aromatic heterocycles. The standard InChI is InChI=1S/C10H20N2O4/c1-12(5-8(13)6-15-2)10(14)9-7-16-4-3-11-9/h8-9,11,13H,3-7H2,1-2H3. The largest absolute Gasteiger partial charge is 0.389 e. The normalized spacial score (nSPS) is 22.8. The molecule has 2 N–H and O–H groups in total. The van der Waals surface area contributed by atoms with Gasteiger partial charge in [-0.15, -0.1) is 0 Å². The van der Waals surface area contributed by atoms with Crippen LogP contribution < -0.4 is 5.32 Å². The fourth-order valence-corrected chi connectivity index (χ4v) is 1.64. The first-order valence-corrected chi connectivity index (χ1v) is 5.38. The number of nitrogens with one attached hydrogen (secondary N) is 1. The number of likely N-dealkylation sites (N-methyl/N-ethyl adjacent to an activating group) is 1. The maximum atomic E-state index is 11.9. The molecule has 2 unspecified atom stereocenters. The summed E-state index contributed by atoms with van der Waals surface area (Å²) in [4.78, 5) is 13.4. The van der Waals surface area contributed by atoms with Gasteiger partial charge in [0.1, 0.15) is 6.04 Å². The molecule has 6 heteroatoms. The van der Waals surface area contributed by atoms with Crippen molar-refractivity contribution in [3.63, 3.8) is 0 Å². The number of rotatable bonds is 5. The van der Waals surface area contributed by atoms with Crippen LogP contribution in [0, 0.1) is 0 Å². The molecule has 1 aliphatic heterocycles. The summed E-state index contributed by atoms with van der Waals surface area (Å²) in [7, 11) is 3.18. The molecule has 0 bridgehead atoms. The van der Waals surface area contributed by atoms with Gasteiger partial charge < -0.3 is 24.8 Å². The molecular weight excluding hydrogens is 212 g/mol. The number of carbonyl (C=O) groups excluding carboxylic acids is 1. The molecule has 2 atom stereocenters. The Bertz CT molecular complexity index is 219. The molecule has 94 valence electrons. The second kappa shape index (κ2) is 6.80. The highest BCUT2D eigenvalue weighted by Crippen LogP contribution is 1.99. The average Bonchev–Trinajstić information content (AvgIpc) is 2.29. The monoisotopic (exact) mass is 232 g/mol. The number of carbonyl (C=O) groups is 1. The zero-order valence-corrected chi connectivity index (χ0v) is 9.81. The van der Waals surface area contributed by atoms with Gasteiger partial charge in [-0.1, -0.05) is 0 Å². The molecule has 0 radical (unpaired) electrons. The highest BCUT2D eigenvalue weighted by atomic mass is 16.5. The summed E-state index contributed by atoms with van der Waals surface area (Å²) in [5, 5.41) is 12.6. The first kappa shape index (κ1) is 13.4. The van der Waals surface area contributed by atoms with E-state index < -0.39 is 6.10 Å². The van der Waals surface area contributed by atoms with Crippen molar-refractivity contribution in [1.82, 2.24) is 10.2 Å². The van der Waals surface area contributed by atoms with Crippen LogP contribution in [0.2, 0.25) is 0 Å². The van der Waals surface area contributed by atoms with Crippen LogP contribution in [0.1, 0.15) is 0 Å². The van der Waals surface area contributed by atoms with Gasteiger partial charge in [0.15, 0.2) is 0 Å². The Balaban J connectivity index is 2.34. The summed E-state index contributed by atoms with van der Waals surface area (Å²) in [5.41, 5.74) is 0. The summed E-state index contributed by atoms with van der Waals surface area (Å²) in [6.45, 7) is 2.21. The Hall–Kier alpha value is -0.690. The van der Waals surface area contributed by atoms with E-state index in [4.69, 9.17) is 9.47 Å². The molecule has 6 nitrogen and oxygen atoms in total. The molecule has 0 spiro atoms. The summed E-state index contributed by atoms with van der Waals surface area (Å²) >= 11 is 0. The van der Waals surface area contributed by atoms with Crippen LogP contribution >= 0.6 is 0 Å². The highest BCUT2D eigenvalue weighted by molar-refractivity contribution is 5.81. The van der Waals surface area contributed by atoms with Crippen LogP contribution in [0.25, 0.3) is 0 Å². The molecule has 0 aliphatic carbocycles. The number of morpholine rings is 1. The highest BCUT2D eigenvalue weighted by Gasteiger charge is 2.25. The minimum absolute atomic E-state index is 0.0603. The van der Waals surface area contributed by atoms with Gasteiger partial charge in [0.2, 0.25) is 5.91 Å². The van der Waals surface area contributed by atoms with E-state index in [-0.39, 0.29) is 25.1 Å². The third-order valence-corrected chi connectivity index (χ3v) is 2.44. The minimum Gasteiger partial charge on any atom is -0.389 e. The average molecular weight is 232 g/mol. The van der Waals surface area contributed by atoms with Gasteiger partial charge in [-0.3, -0.25) is 4.79 Å². The topological polar surface area (TPSA) is 71.0 Å². The Labute approximate surface area is 95.5 Å². The van der Waals surface area contributed by atoms with Crippen molar-refractivity contribution in [3.05, 3.63) is 0 Å². The number of hydrogen-bond acceptors (Lipinski definition) is 5. The lowest BCUT2D eigenvalue weighted by atomic mass is 10.2. The Morgan fingerprint density at radius 2 is 2.50 bits per heavy atom. The van der Waals surface area contributed by atoms with Crippen LogP contribution in [0.5, 0.6) is 0 Å². The minimum atomic E-state index is -0.650. The number of hydrogen-bond donors (Lipinski definition) is 2. The second-order valence-corrected chi connectivity index (χ2v) is 3.91. The Kier molecular flexibility index (Phi) is 5.68. The number of aliphatic hydroxyl groups excluding tert-OH is 1. The quantitative estimate of drug-likeness (QED) is 0.600. The van der Waals surface area contributed by atoms with Crippen LogP contribution in [-0.2, 0) is 14.3 Å². The lowest BCUT2D eigenvalue weighted by Gasteiger charge is -2.28. The molecule has 1 rings (SSSR count). The Morgan fingerprint density at radius 1 is 1.75 bits per heavy atom. The summed E-state index contributed by atoms with van der Waals surface area (Å²) in [6, 6.07) is -0.298. The molecule has 0 aromatic carbocycles. The smallest absolute Gasteiger partial charge is 0.241 e. The van der Waals surface area contributed by atoms with Crippen molar-refractivity contribution in [2.45, 2.75) is 12.1 Å². The fourth-order valence-electron chi connectivity index (χ4n) is 1.64. The van der Waals surface area contributed by atoms with E-state index in [1.165, 1.54) is 12.0 Å². The predicted molar refractivity (Wildman–Crippen MR) is 58.1 cm³/mol. The first-order chi connectivity index (χ1) is 7.65. The van der Waals surface area contributed by atoms with Crippen molar-refractivity contribution >= 4 is 5.91 Å². The molecule has 16 heavy (non-hydrogen) atoms. The molecular formula is C10H20N2O4. The zero-order chi connectivity index (χ0) is 12.0. The molecule has 0 saturated carbocycles. The van der Waals surface area contributed by atoms with Crippen LogP contribution in [0.3, 0.4) is 0 Å². The summed E-state index contributed by atoms with van der Waals surface area (Å²) in [6.07, 6.45) is -0.650. The van der Waals surface area contributed by atoms with Gasteiger partial charge >= 0.3 is 0 Å². The number of amides is 1. The summed E-state index contributed by atoms with van der Waals surface area (Å²) in [5.74, 6) is -0.0603. The maximum absolute atomic E-state index is 11.9. The van der Waals surface area contributed by atoms with Gasteiger partial charge in [-0.05, 0) is 0 Å². The number of nitrogens with zero attached hydrogens (tertiary/aromatic N) is 1. The second-order valence-electron chi connectivity index (χ2n) is 3.91.